The molecular formula is C13H17N7O2. The Kier molecular flexibility index (Phi) is 3.86. The van der Waals surface area contributed by atoms with E-state index in [4.69, 9.17) is 0 Å². The summed E-state index contributed by atoms with van der Waals surface area (Å²) in [6.45, 7) is 3.88. The monoisotopic (exact) mass is 303 g/mol. The van der Waals surface area contributed by atoms with Crippen LogP contribution in [-0.4, -0.2) is 48.5 Å². The molecular weight excluding hydrogens is 286 g/mol. The van der Waals surface area contributed by atoms with E-state index in [1.165, 1.54) is 6.20 Å². The number of rotatable bonds is 4. The number of nitrogens with zero attached hydrogens (tertiary/aromatic N) is 5. The minimum Gasteiger partial charge on any atom is -0.350 e. The van der Waals surface area contributed by atoms with Crippen molar-refractivity contribution in [1.29, 1.82) is 0 Å². The van der Waals surface area contributed by atoms with E-state index in [9.17, 15) is 9.59 Å². The molecule has 0 saturated carbocycles. The lowest BCUT2D eigenvalue weighted by Gasteiger charge is -2.26. The molecule has 0 spiro atoms. The van der Waals surface area contributed by atoms with E-state index in [2.05, 4.69) is 25.8 Å². The number of amides is 2. The van der Waals surface area contributed by atoms with E-state index in [1.54, 1.807) is 11.8 Å². The summed E-state index contributed by atoms with van der Waals surface area (Å²) >= 11 is 0. The molecule has 116 valence electrons. The van der Waals surface area contributed by atoms with Gasteiger partial charge in [-0.2, -0.15) is 20.5 Å². The first kappa shape index (κ1) is 14.2. The number of aromatic amines is 1. The number of carbonyl (C=O) groups excluding carboxylic acids is 2. The summed E-state index contributed by atoms with van der Waals surface area (Å²) in [6, 6.07) is 1.91. The Morgan fingerprint density at radius 1 is 1.41 bits per heavy atom. The molecule has 1 aliphatic rings. The molecule has 9 heteroatoms. The number of hydrogen-bond acceptors (Lipinski definition) is 5. The van der Waals surface area contributed by atoms with Gasteiger partial charge in [-0.25, -0.2) is 0 Å². The molecule has 1 aliphatic heterocycles. The molecule has 0 atom stereocenters. The van der Waals surface area contributed by atoms with Gasteiger partial charge < -0.3 is 10.2 Å². The molecule has 22 heavy (non-hydrogen) atoms. The fraction of sp³-hybridized carbons (Fsp3) is 0.462. The summed E-state index contributed by atoms with van der Waals surface area (Å²) < 4.78 is 1.88. The molecule has 0 radical (unpaired) electrons. The van der Waals surface area contributed by atoms with Gasteiger partial charge in [0.05, 0.1) is 37.2 Å². The first-order chi connectivity index (χ1) is 10.7. The molecule has 3 rings (SSSR count). The van der Waals surface area contributed by atoms with E-state index in [-0.39, 0.29) is 11.8 Å². The van der Waals surface area contributed by atoms with Crippen LogP contribution in [-0.2, 0) is 24.4 Å². The van der Waals surface area contributed by atoms with Crippen LogP contribution >= 0.6 is 0 Å². The zero-order valence-corrected chi connectivity index (χ0v) is 12.2. The van der Waals surface area contributed by atoms with Gasteiger partial charge in [0.25, 0.3) is 5.91 Å². The van der Waals surface area contributed by atoms with E-state index in [0.717, 1.165) is 11.4 Å². The number of carbonyl (C=O) groups is 2. The molecule has 2 aromatic rings. The van der Waals surface area contributed by atoms with Crippen molar-refractivity contribution in [2.45, 2.75) is 33.0 Å². The molecule has 0 aromatic carbocycles. The minimum absolute atomic E-state index is 0.00573. The van der Waals surface area contributed by atoms with Crippen LogP contribution in [0.15, 0.2) is 12.3 Å². The summed E-state index contributed by atoms with van der Waals surface area (Å²) in [7, 11) is 0. The van der Waals surface area contributed by atoms with Gasteiger partial charge in [0.2, 0.25) is 5.91 Å². The van der Waals surface area contributed by atoms with Crippen LogP contribution in [0.4, 0.5) is 0 Å². The first-order valence-corrected chi connectivity index (χ1v) is 7.14. The van der Waals surface area contributed by atoms with Gasteiger partial charge in [0, 0.05) is 13.0 Å². The van der Waals surface area contributed by atoms with Crippen LogP contribution in [0, 0.1) is 0 Å². The average Bonchev–Trinajstić information content (AvgIpc) is 3.19. The van der Waals surface area contributed by atoms with Gasteiger partial charge in [-0.3, -0.25) is 14.3 Å². The van der Waals surface area contributed by atoms with Gasteiger partial charge in [0.15, 0.2) is 5.69 Å². The average molecular weight is 303 g/mol. The normalized spacial score (nSPS) is 13.8. The molecule has 3 heterocycles. The molecule has 2 amide bonds. The molecule has 0 bridgehead atoms. The summed E-state index contributed by atoms with van der Waals surface area (Å²) in [6.07, 6.45) is 1.87. The van der Waals surface area contributed by atoms with Crippen LogP contribution in [0.3, 0.4) is 0 Å². The fourth-order valence-electron chi connectivity index (χ4n) is 2.37. The van der Waals surface area contributed by atoms with Crippen molar-refractivity contribution in [3.05, 3.63) is 29.3 Å². The van der Waals surface area contributed by atoms with Crippen LogP contribution in [0.1, 0.15) is 35.2 Å². The SMILES string of the molecule is CCC(=O)NCc1cc2n(n1)CCN(C(=O)c1cn[nH]n1)C2. The van der Waals surface area contributed by atoms with Gasteiger partial charge >= 0.3 is 0 Å². The van der Waals surface area contributed by atoms with Crippen LogP contribution in [0.5, 0.6) is 0 Å². The lowest BCUT2D eigenvalue weighted by molar-refractivity contribution is -0.120. The zero-order chi connectivity index (χ0) is 15.5. The van der Waals surface area contributed by atoms with Gasteiger partial charge in [-0.15, -0.1) is 0 Å². The van der Waals surface area contributed by atoms with Crippen molar-refractivity contribution < 1.29 is 9.59 Å². The highest BCUT2D eigenvalue weighted by molar-refractivity contribution is 5.91. The standard InChI is InChI=1S/C13H17N7O2/c1-2-12(21)14-6-9-5-10-8-19(3-4-20(10)17-9)13(22)11-7-15-18-16-11/h5,7H,2-4,6,8H2,1H3,(H,14,21)(H,15,16,18). The third kappa shape index (κ3) is 2.83. The molecule has 2 N–H and O–H groups in total. The Morgan fingerprint density at radius 2 is 2.27 bits per heavy atom. The third-order valence-corrected chi connectivity index (χ3v) is 3.56. The van der Waals surface area contributed by atoms with Gasteiger partial charge in [0.1, 0.15) is 0 Å². The molecule has 0 saturated heterocycles. The Labute approximate surface area is 126 Å². The number of fused-ring (bicyclic) bond motifs is 1. The maximum absolute atomic E-state index is 12.2. The van der Waals surface area contributed by atoms with Crippen molar-refractivity contribution in [3.8, 4) is 0 Å². The number of hydrogen-bond donors (Lipinski definition) is 2. The molecule has 9 nitrogen and oxygen atoms in total. The molecule has 0 fully saturated rings. The van der Waals surface area contributed by atoms with Crippen molar-refractivity contribution in [1.82, 2.24) is 35.4 Å². The second-order valence-corrected chi connectivity index (χ2v) is 5.06. The quantitative estimate of drug-likeness (QED) is 0.805. The minimum atomic E-state index is -0.151. The third-order valence-electron chi connectivity index (χ3n) is 3.56. The van der Waals surface area contributed by atoms with E-state index in [1.807, 2.05) is 10.7 Å². The predicted molar refractivity (Wildman–Crippen MR) is 75.5 cm³/mol. The topological polar surface area (TPSA) is 109 Å². The second kappa shape index (κ2) is 5.96. The molecule has 0 unspecified atom stereocenters. The summed E-state index contributed by atoms with van der Waals surface area (Å²) in [5.41, 5.74) is 2.06. The Balaban J connectivity index is 1.67. The molecule has 0 aliphatic carbocycles. The lowest BCUT2D eigenvalue weighted by Crippen LogP contribution is -2.38. The Morgan fingerprint density at radius 3 is 3.00 bits per heavy atom. The maximum Gasteiger partial charge on any atom is 0.276 e. The van der Waals surface area contributed by atoms with Crippen molar-refractivity contribution in [2.75, 3.05) is 6.54 Å². The van der Waals surface area contributed by atoms with Crippen LogP contribution in [0.25, 0.3) is 0 Å². The predicted octanol–water partition coefficient (Wildman–Crippen LogP) is -0.317. The highest BCUT2D eigenvalue weighted by atomic mass is 16.2. The number of nitrogens with one attached hydrogen (secondary N) is 2. The number of aromatic nitrogens is 5. The summed E-state index contributed by atoms with van der Waals surface area (Å²) in [5, 5.41) is 17.1. The second-order valence-electron chi connectivity index (χ2n) is 5.06. The zero-order valence-electron chi connectivity index (χ0n) is 12.2. The summed E-state index contributed by atoms with van der Waals surface area (Å²) in [5.74, 6) is -0.157. The van der Waals surface area contributed by atoms with Crippen molar-refractivity contribution in [3.63, 3.8) is 0 Å². The summed E-state index contributed by atoms with van der Waals surface area (Å²) in [4.78, 5) is 25.2. The number of H-pyrrole nitrogens is 1. The Bertz CT molecular complexity index is 677. The Hall–Kier alpha value is -2.71. The highest BCUT2D eigenvalue weighted by Gasteiger charge is 2.24. The first-order valence-electron chi connectivity index (χ1n) is 7.14. The van der Waals surface area contributed by atoms with E-state index >= 15 is 0 Å². The molecule has 2 aromatic heterocycles. The maximum atomic E-state index is 12.2. The highest BCUT2D eigenvalue weighted by Crippen LogP contribution is 2.15. The largest absolute Gasteiger partial charge is 0.350 e. The van der Waals surface area contributed by atoms with Crippen LogP contribution in [0.2, 0.25) is 0 Å². The van der Waals surface area contributed by atoms with Gasteiger partial charge in [-0.05, 0) is 6.07 Å². The lowest BCUT2D eigenvalue weighted by atomic mass is 10.2. The van der Waals surface area contributed by atoms with E-state index < -0.39 is 0 Å². The van der Waals surface area contributed by atoms with Gasteiger partial charge in [-0.1, -0.05) is 6.92 Å². The van der Waals surface area contributed by atoms with Crippen molar-refractivity contribution >= 4 is 11.8 Å². The van der Waals surface area contributed by atoms with Crippen molar-refractivity contribution in [2.24, 2.45) is 0 Å². The fourth-order valence-corrected chi connectivity index (χ4v) is 2.37. The smallest absolute Gasteiger partial charge is 0.276 e. The van der Waals surface area contributed by atoms with E-state index in [0.29, 0.717) is 38.3 Å². The van der Waals surface area contributed by atoms with Crippen LogP contribution < -0.4 is 5.32 Å².